The lowest BCUT2D eigenvalue weighted by atomic mass is 9.86. The Labute approximate surface area is 128 Å². The molecule has 0 saturated carbocycles. The average molecular weight is 304 g/mol. The number of rotatable bonds is 5. The van der Waals surface area contributed by atoms with E-state index in [1.807, 2.05) is 25.1 Å². The molecule has 1 fully saturated rings. The van der Waals surface area contributed by atoms with Gasteiger partial charge in [0.1, 0.15) is 5.52 Å². The molecule has 6 nitrogen and oxygen atoms in total. The molecule has 0 aliphatic carbocycles. The van der Waals surface area contributed by atoms with E-state index in [1.165, 1.54) is 0 Å². The van der Waals surface area contributed by atoms with Crippen molar-refractivity contribution in [2.24, 2.45) is 11.8 Å². The number of anilines is 1. The zero-order chi connectivity index (χ0) is 15.5. The van der Waals surface area contributed by atoms with Gasteiger partial charge in [-0.15, -0.1) is 0 Å². The van der Waals surface area contributed by atoms with Crippen LogP contribution in [0.4, 0.5) is 6.01 Å². The maximum absolute atomic E-state index is 11.5. The molecular weight excluding hydrogens is 284 g/mol. The van der Waals surface area contributed by atoms with Crippen LogP contribution in [0.2, 0.25) is 0 Å². The van der Waals surface area contributed by atoms with Crippen LogP contribution in [0.15, 0.2) is 22.6 Å². The number of carbonyl (C=O) groups is 1. The van der Waals surface area contributed by atoms with Crippen LogP contribution in [-0.2, 0) is 9.53 Å². The molecule has 118 valence electrons. The van der Waals surface area contributed by atoms with Crippen molar-refractivity contribution in [3.05, 3.63) is 23.8 Å². The molecular formula is C16H20N2O4. The number of aryl methyl sites for hydroxylation is 1. The van der Waals surface area contributed by atoms with E-state index in [2.05, 4.69) is 10.3 Å². The summed E-state index contributed by atoms with van der Waals surface area (Å²) >= 11 is 0. The standard InChI is InChI=1S/C16H20N2O4/c1-10-2-3-14-13(8-10)18-16(22-14)17-9-12(15(19)20)11-4-6-21-7-5-11/h2-3,8,11-12H,4-7,9H2,1H3,(H,17,18)(H,19,20). The molecule has 0 spiro atoms. The lowest BCUT2D eigenvalue weighted by Crippen LogP contribution is -2.34. The fourth-order valence-electron chi connectivity index (χ4n) is 2.88. The summed E-state index contributed by atoms with van der Waals surface area (Å²) in [6.07, 6.45) is 1.57. The molecule has 1 unspecified atom stereocenters. The number of nitrogens with one attached hydrogen (secondary N) is 1. The molecule has 1 saturated heterocycles. The number of fused-ring (bicyclic) bond motifs is 1. The molecule has 2 aromatic rings. The summed E-state index contributed by atoms with van der Waals surface area (Å²) < 4.78 is 10.9. The average Bonchev–Trinajstić information content (AvgIpc) is 2.90. The number of oxazole rings is 1. The monoisotopic (exact) mass is 304 g/mol. The van der Waals surface area contributed by atoms with E-state index in [1.54, 1.807) is 0 Å². The molecule has 0 radical (unpaired) electrons. The Balaban J connectivity index is 1.68. The summed E-state index contributed by atoms with van der Waals surface area (Å²) in [7, 11) is 0. The molecule has 22 heavy (non-hydrogen) atoms. The summed E-state index contributed by atoms with van der Waals surface area (Å²) in [6.45, 7) is 3.58. The largest absolute Gasteiger partial charge is 0.481 e. The molecule has 1 aromatic carbocycles. The van der Waals surface area contributed by atoms with Crippen molar-refractivity contribution in [2.75, 3.05) is 25.1 Å². The highest BCUT2D eigenvalue weighted by atomic mass is 16.5. The van der Waals surface area contributed by atoms with Crippen molar-refractivity contribution < 1.29 is 19.1 Å². The molecule has 6 heteroatoms. The zero-order valence-electron chi connectivity index (χ0n) is 12.5. The Kier molecular flexibility index (Phi) is 4.29. The Bertz CT molecular complexity index is 661. The Morgan fingerprint density at radius 3 is 2.95 bits per heavy atom. The number of benzene rings is 1. The Morgan fingerprint density at radius 1 is 1.45 bits per heavy atom. The molecule has 2 heterocycles. The van der Waals surface area contributed by atoms with Gasteiger partial charge in [-0.1, -0.05) is 6.07 Å². The van der Waals surface area contributed by atoms with E-state index in [0.29, 0.717) is 31.4 Å². The summed E-state index contributed by atoms with van der Waals surface area (Å²) in [6, 6.07) is 6.14. The summed E-state index contributed by atoms with van der Waals surface area (Å²) in [5, 5.41) is 12.5. The second kappa shape index (κ2) is 6.36. The first-order valence-corrected chi connectivity index (χ1v) is 7.55. The molecule has 0 bridgehead atoms. The number of hydrogen-bond donors (Lipinski definition) is 2. The Hall–Kier alpha value is -2.08. The van der Waals surface area contributed by atoms with Gasteiger partial charge in [0.05, 0.1) is 5.92 Å². The second-order valence-corrected chi connectivity index (χ2v) is 5.77. The minimum Gasteiger partial charge on any atom is -0.481 e. The molecule has 2 N–H and O–H groups in total. The van der Waals surface area contributed by atoms with E-state index in [-0.39, 0.29) is 5.92 Å². The number of carboxylic acid groups (broad SMARTS) is 1. The van der Waals surface area contributed by atoms with Gasteiger partial charge in [-0.2, -0.15) is 4.98 Å². The van der Waals surface area contributed by atoms with E-state index in [4.69, 9.17) is 9.15 Å². The van der Waals surface area contributed by atoms with Gasteiger partial charge in [0.15, 0.2) is 5.58 Å². The van der Waals surface area contributed by atoms with Gasteiger partial charge >= 0.3 is 5.97 Å². The molecule has 1 aliphatic rings. The number of aromatic nitrogens is 1. The number of nitrogens with zero attached hydrogens (tertiary/aromatic N) is 1. The quantitative estimate of drug-likeness (QED) is 0.883. The molecule has 1 atom stereocenters. The van der Waals surface area contributed by atoms with Gasteiger partial charge < -0.3 is 19.6 Å². The lowest BCUT2D eigenvalue weighted by molar-refractivity contribution is -0.144. The van der Waals surface area contributed by atoms with Gasteiger partial charge in [-0.25, -0.2) is 0 Å². The van der Waals surface area contributed by atoms with Gasteiger partial charge in [-0.3, -0.25) is 4.79 Å². The molecule has 1 aliphatic heterocycles. The minimum atomic E-state index is -0.786. The van der Waals surface area contributed by atoms with E-state index >= 15 is 0 Å². The highest BCUT2D eigenvalue weighted by Gasteiger charge is 2.29. The first-order valence-electron chi connectivity index (χ1n) is 7.55. The van der Waals surface area contributed by atoms with Crippen molar-refractivity contribution in [3.63, 3.8) is 0 Å². The first kappa shape index (κ1) is 14.8. The number of aliphatic carboxylic acids is 1. The molecule has 3 rings (SSSR count). The van der Waals surface area contributed by atoms with Crippen molar-refractivity contribution >= 4 is 23.1 Å². The highest BCUT2D eigenvalue weighted by Crippen LogP contribution is 2.25. The fraction of sp³-hybridized carbons (Fsp3) is 0.500. The third-order valence-electron chi connectivity index (χ3n) is 4.17. The van der Waals surface area contributed by atoms with Crippen LogP contribution >= 0.6 is 0 Å². The van der Waals surface area contributed by atoms with E-state index in [0.717, 1.165) is 23.9 Å². The van der Waals surface area contributed by atoms with Crippen LogP contribution < -0.4 is 5.32 Å². The summed E-state index contributed by atoms with van der Waals surface area (Å²) in [4.78, 5) is 15.9. The SMILES string of the molecule is Cc1ccc2oc(NCC(C(=O)O)C3CCOCC3)nc2c1. The van der Waals surface area contributed by atoms with E-state index < -0.39 is 11.9 Å². The predicted molar refractivity (Wildman–Crippen MR) is 81.9 cm³/mol. The van der Waals surface area contributed by atoms with Crippen molar-refractivity contribution in [1.29, 1.82) is 0 Å². The normalized spacial score (nSPS) is 17.5. The van der Waals surface area contributed by atoms with E-state index in [9.17, 15) is 9.90 Å². The predicted octanol–water partition coefficient (Wildman–Crippen LogP) is 2.68. The molecule has 0 amide bonds. The third-order valence-corrected chi connectivity index (χ3v) is 4.17. The van der Waals surface area contributed by atoms with Crippen LogP contribution in [0.5, 0.6) is 0 Å². The van der Waals surface area contributed by atoms with Crippen LogP contribution in [0.3, 0.4) is 0 Å². The second-order valence-electron chi connectivity index (χ2n) is 5.77. The van der Waals surface area contributed by atoms with Crippen molar-refractivity contribution in [2.45, 2.75) is 19.8 Å². The first-order chi connectivity index (χ1) is 10.6. The summed E-state index contributed by atoms with van der Waals surface area (Å²) in [5.74, 6) is -1.11. The van der Waals surface area contributed by atoms with Crippen LogP contribution in [0.1, 0.15) is 18.4 Å². The van der Waals surface area contributed by atoms with Gasteiger partial charge in [0.2, 0.25) is 0 Å². The maximum atomic E-state index is 11.5. The van der Waals surface area contributed by atoms with Crippen molar-refractivity contribution in [1.82, 2.24) is 4.98 Å². The lowest BCUT2D eigenvalue weighted by Gasteiger charge is -2.27. The van der Waals surface area contributed by atoms with Crippen LogP contribution in [0, 0.1) is 18.8 Å². The highest BCUT2D eigenvalue weighted by molar-refractivity contribution is 5.75. The number of carboxylic acids is 1. The topological polar surface area (TPSA) is 84.6 Å². The molecule has 1 aromatic heterocycles. The van der Waals surface area contributed by atoms with Crippen molar-refractivity contribution in [3.8, 4) is 0 Å². The summed E-state index contributed by atoms with van der Waals surface area (Å²) in [5.41, 5.74) is 2.59. The fourth-order valence-corrected chi connectivity index (χ4v) is 2.88. The van der Waals surface area contributed by atoms with Crippen LogP contribution in [0.25, 0.3) is 11.1 Å². The van der Waals surface area contributed by atoms with Crippen LogP contribution in [-0.4, -0.2) is 35.8 Å². The maximum Gasteiger partial charge on any atom is 0.308 e. The number of ether oxygens (including phenoxy) is 1. The van der Waals surface area contributed by atoms with Gasteiger partial charge in [0, 0.05) is 19.8 Å². The third kappa shape index (κ3) is 3.22. The van der Waals surface area contributed by atoms with Gasteiger partial charge in [0.25, 0.3) is 6.01 Å². The smallest absolute Gasteiger partial charge is 0.308 e. The van der Waals surface area contributed by atoms with Gasteiger partial charge in [-0.05, 0) is 43.4 Å². The number of hydrogen-bond acceptors (Lipinski definition) is 5. The zero-order valence-corrected chi connectivity index (χ0v) is 12.5. The Morgan fingerprint density at radius 2 is 2.23 bits per heavy atom. The minimum absolute atomic E-state index is 0.130.